The van der Waals surface area contributed by atoms with Gasteiger partial charge in [0.1, 0.15) is 0 Å². The Kier molecular flexibility index (Phi) is 5.54. The van der Waals surface area contributed by atoms with Crippen molar-refractivity contribution in [2.24, 2.45) is 0 Å². The molecule has 24 heavy (non-hydrogen) atoms. The summed E-state index contributed by atoms with van der Waals surface area (Å²) in [5.74, 6) is 0.149. The number of rotatable bonds is 4. The maximum Gasteiger partial charge on any atom is 0.253 e. The molecule has 126 valence electrons. The Balaban J connectivity index is 1.48. The summed E-state index contributed by atoms with van der Waals surface area (Å²) in [6.07, 6.45) is 1.02. The highest BCUT2D eigenvalue weighted by Crippen LogP contribution is 2.13. The molecule has 0 aromatic heterocycles. The first-order chi connectivity index (χ1) is 11.6. The predicted octanol–water partition coefficient (Wildman–Crippen LogP) is 3.65. The van der Waals surface area contributed by atoms with Crippen LogP contribution in [0.4, 0.5) is 0 Å². The fraction of sp³-hybridized carbons (Fsp3) is 0.350. The topological polar surface area (TPSA) is 23.6 Å². The molecule has 2 aromatic rings. The molecule has 2 aromatic carbocycles. The molecule has 1 amide bonds. The lowest BCUT2D eigenvalue weighted by atomic mass is 10.1. The van der Waals surface area contributed by atoms with Gasteiger partial charge in [0.2, 0.25) is 0 Å². The van der Waals surface area contributed by atoms with Crippen molar-refractivity contribution in [3.63, 3.8) is 0 Å². The van der Waals surface area contributed by atoms with E-state index in [0.717, 1.165) is 55.3 Å². The molecule has 1 aliphatic rings. The Hall–Kier alpha value is -1.84. The molecule has 0 spiro atoms. The quantitative estimate of drug-likeness (QED) is 0.846. The van der Waals surface area contributed by atoms with Crippen molar-refractivity contribution in [2.75, 3.05) is 32.7 Å². The Bertz CT molecular complexity index is 691. The highest BCUT2D eigenvalue weighted by atomic mass is 35.5. The molecule has 0 radical (unpaired) electrons. The second-order valence-electron chi connectivity index (χ2n) is 6.38. The zero-order chi connectivity index (χ0) is 16.9. The third kappa shape index (κ3) is 4.37. The van der Waals surface area contributed by atoms with Crippen molar-refractivity contribution in [1.82, 2.24) is 9.80 Å². The van der Waals surface area contributed by atoms with Crippen LogP contribution in [0.25, 0.3) is 0 Å². The van der Waals surface area contributed by atoms with Gasteiger partial charge in [-0.25, -0.2) is 0 Å². The van der Waals surface area contributed by atoms with E-state index in [1.807, 2.05) is 48.2 Å². The number of carbonyl (C=O) groups excluding carboxylic acids is 1. The van der Waals surface area contributed by atoms with Gasteiger partial charge < -0.3 is 4.90 Å². The molecular formula is C20H23ClN2O. The van der Waals surface area contributed by atoms with Gasteiger partial charge in [-0.15, -0.1) is 0 Å². The molecule has 1 saturated heterocycles. The van der Waals surface area contributed by atoms with Crippen molar-refractivity contribution >= 4 is 17.5 Å². The van der Waals surface area contributed by atoms with Crippen LogP contribution in [0.2, 0.25) is 5.02 Å². The third-order valence-corrected chi connectivity index (χ3v) is 4.81. The number of halogens is 1. The van der Waals surface area contributed by atoms with E-state index in [0.29, 0.717) is 0 Å². The molecule has 0 unspecified atom stereocenters. The summed E-state index contributed by atoms with van der Waals surface area (Å²) in [6.45, 7) is 6.51. The van der Waals surface area contributed by atoms with Gasteiger partial charge in [0.15, 0.2) is 0 Å². The zero-order valence-electron chi connectivity index (χ0n) is 14.0. The first-order valence-electron chi connectivity index (χ1n) is 8.44. The molecule has 1 aliphatic heterocycles. The summed E-state index contributed by atoms with van der Waals surface area (Å²) >= 11 is 5.92. The fourth-order valence-electron chi connectivity index (χ4n) is 3.07. The Morgan fingerprint density at radius 3 is 2.42 bits per heavy atom. The van der Waals surface area contributed by atoms with Gasteiger partial charge in [-0.2, -0.15) is 0 Å². The van der Waals surface area contributed by atoms with Crippen LogP contribution in [0, 0.1) is 6.92 Å². The van der Waals surface area contributed by atoms with E-state index in [9.17, 15) is 4.79 Å². The molecule has 0 N–H and O–H groups in total. The van der Waals surface area contributed by atoms with Crippen molar-refractivity contribution in [3.05, 3.63) is 70.2 Å². The van der Waals surface area contributed by atoms with Gasteiger partial charge in [0.05, 0.1) is 0 Å². The van der Waals surface area contributed by atoms with E-state index >= 15 is 0 Å². The highest BCUT2D eigenvalue weighted by molar-refractivity contribution is 6.30. The first kappa shape index (κ1) is 17.0. The number of carbonyl (C=O) groups is 1. The number of amides is 1. The van der Waals surface area contributed by atoms with Crippen LogP contribution in [0.5, 0.6) is 0 Å². The van der Waals surface area contributed by atoms with Crippen LogP contribution in [0.1, 0.15) is 21.5 Å². The van der Waals surface area contributed by atoms with Crippen molar-refractivity contribution in [2.45, 2.75) is 13.3 Å². The van der Waals surface area contributed by atoms with Crippen LogP contribution < -0.4 is 0 Å². The van der Waals surface area contributed by atoms with Crippen molar-refractivity contribution < 1.29 is 4.79 Å². The minimum atomic E-state index is 0.149. The summed E-state index contributed by atoms with van der Waals surface area (Å²) in [4.78, 5) is 17.0. The summed E-state index contributed by atoms with van der Waals surface area (Å²) in [7, 11) is 0. The van der Waals surface area contributed by atoms with Crippen molar-refractivity contribution in [1.29, 1.82) is 0 Å². The molecule has 3 nitrogen and oxygen atoms in total. The molecule has 0 atom stereocenters. The Morgan fingerprint density at radius 1 is 1.04 bits per heavy atom. The molecular weight excluding hydrogens is 320 g/mol. The smallest absolute Gasteiger partial charge is 0.253 e. The van der Waals surface area contributed by atoms with Crippen LogP contribution in [-0.4, -0.2) is 48.4 Å². The standard InChI is InChI=1S/C20H23ClN2O/c1-16-3-2-4-18(15-16)20(24)23-13-11-22(12-14-23)10-9-17-5-7-19(21)8-6-17/h2-8,15H,9-14H2,1H3. The molecule has 1 fully saturated rings. The molecule has 0 saturated carbocycles. The second-order valence-corrected chi connectivity index (χ2v) is 6.82. The number of piperazine rings is 1. The largest absolute Gasteiger partial charge is 0.336 e. The lowest BCUT2D eigenvalue weighted by molar-refractivity contribution is 0.0638. The Labute approximate surface area is 148 Å². The fourth-order valence-corrected chi connectivity index (χ4v) is 3.20. The highest BCUT2D eigenvalue weighted by Gasteiger charge is 2.21. The summed E-state index contributed by atoms with van der Waals surface area (Å²) in [5.41, 5.74) is 3.23. The Morgan fingerprint density at radius 2 is 1.75 bits per heavy atom. The summed E-state index contributed by atoms with van der Waals surface area (Å²) in [5, 5.41) is 0.780. The SMILES string of the molecule is Cc1cccc(C(=O)N2CCN(CCc3ccc(Cl)cc3)CC2)c1. The van der Waals surface area contributed by atoms with Crippen LogP contribution in [0.15, 0.2) is 48.5 Å². The van der Waals surface area contributed by atoms with E-state index in [2.05, 4.69) is 17.0 Å². The summed E-state index contributed by atoms with van der Waals surface area (Å²) < 4.78 is 0. The minimum Gasteiger partial charge on any atom is -0.336 e. The van der Waals surface area contributed by atoms with Gasteiger partial charge in [-0.3, -0.25) is 9.69 Å². The number of hydrogen-bond donors (Lipinski definition) is 0. The van der Waals surface area contributed by atoms with Gasteiger partial charge >= 0.3 is 0 Å². The van der Waals surface area contributed by atoms with Crippen LogP contribution >= 0.6 is 11.6 Å². The van der Waals surface area contributed by atoms with Crippen LogP contribution in [0.3, 0.4) is 0 Å². The second kappa shape index (κ2) is 7.82. The lowest BCUT2D eigenvalue weighted by Gasteiger charge is -2.34. The van der Waals surface area contributed by atoms with Gasteiger partial charge in [0.25, 0.3) is 5.91 Å². The molecule has 4 heteroatoms. The molecule has 3 rings (SSSR count). The number of nitrogens with zero attached hydrogens (tertiary/aromatic N) is 2. The third-order valence-electron chi connectivity index (χ3n) is 4.55. The molecule has 0 bridgehead atoms. The average Bonchev–Trinajstić information content (AvgIpc) is 2.61. The van der Waals surface area contributed by atoms with E-state index in [-0.39, 0.29) is 5.91 Å². The lowest BCUT2D eigenvalue weighted by Crippen LogP contribution is -2.49. The normalized spacial score (nSPS) is 15.5. The molecule has 1 heterocycles. The van der Waals surface area contributed by atoms with Gasteiger partial charge in [-0.1, -0.05) is 41.4 Å². The van der Waals surface area contributed by atoms with E-state index in [4.69, 9.17) is 11.6 Å². The first-order valence-corrected chi connectivity index (χ1v) is 8.82. The summed E-state index contributed by atoms with van der Waals surface area (Å²) in [6, 6.07) is 15.9. The monoisotopic (exact) mass is 342 g/mol. The van der Waals surface area contributed by atoms with Crippen LogP contribution in [-0.2, 0) is 6.42 Å². The zero-order valence-corrected chi connectivity index (χ0v) is 14.8. The average molecular weight is 343 g/mol. The number of benzene rings is 2. The van der Waals surface area contributed by atoms with E-state index in [1.165, 1.54) is 5.56 Å². The van der Waals surface area contributed by atoms with Crippen molar-refractivity contribution in [3.8, 4) is 0 Å². The maximum atomic E-state index is 12.6. The maximum absolute atomic E-state index is 12.6. The van der Waals surface area contributed by atoms with E-state index in [1.54, 1.807) is 0 Å². The van der Waals surface area contributed by atoms with E-state index < -0.39 is 0 Å². The molecule has 0 aliphatic carbocycles. The predicted molar refractivity (Wildman–Crippen MR) is 98.7 cm³/mol. The number of aryl methyl sites for hydroxylation is 1. The van der Waals surface area contributed by atoms with Gasteiger partial charge in [0, 0.05) is 43.3 Å². The number of hydrogen-bond acceptors (Lipinski definition) is 2. The van der Waals surface area contributed by atoms with Gasteiger partial charge in [-0.05, 0) is 43.2 Å². The minimum absolute atomic E-state index is 0.149.